The van der Waals surface area contributed by atoms with Crippen molar-refractivity contribution in [3.63, 3.8) is 0 Å². The first-order chi connectivity index (χ1) is 13.8. The number of aryl methyl sites for hydroxylation is 1. The van der Waals surface area contributed by atoms with E-state index in [1.54, 1.807) is 30.6 Å². The van der Waals surface area contributed by atoms with Crippen molar-refractivity contribution in [3.8, 4) is 0 Å². The van der Waals surface area contributed by atoms with E-state index in [0.717, 1.165) is 5.56 Å². The maximum Gasteiger partial charge on any atom is 0.254 e. The number of halogens is 2. The molecule has 1 aromatic carbocycles. The molecule has 150 valence electrons. The fourth-order valence-corrected chi connectivity index (χ4v) is 4.11. The Morgan fingerprint density at radius 3 is 2.62 bits per heavy atom. The van der Waals surface area contributed by atoms with Crippen LogP contribution in [0.4, 0.5) is 14.7 Å². The monoisotopic (exact) mass is 398 g/mol. The molecule has 2 saturated carbocycles. The van der Waals surface area contributed by atoms with Crippen LogP contribution < -0.4 is 5.32 Å². The molecule has 29 heavy (non-hydrogen) atoms. The summed E-state index contributed by atoms with van der Waals surface area (Å²) in [7, 11) is 0. The van der Waals surface area contributed by atoms with E-state index < -0.39 is 23.2 Å². The Kier molecular flexibility index (Phi) is 3.78. The van der Waals surface area contributed by atoms with Gasteiger partial charge in [0.1, 0.15) is 18.4 Å². The molecule has 2 fully saturated rings. The van der Waals surface area contributed by atoms with Gasteiger partial charge in [-0.3, -0.25) is 14.9 Å². The van der Waals surface area contributed by atoms with Gasteiger partial charge in [0.2, 0.25) is 11.9 Å². The second-order valence-electron chi connectivity index (χ2n) is 8.35. The second kappa shape index (κ2) is 6.05. The molecule has 0 bridgehead atoms. The third-order valence-electron chi connectivity index (χ3n) is 6.10. The van der Waals surface area contributed by atoms with Gasteiger partial charge in [0, 0.05) is 29.9 Å². The summed E-state index contributed by atoms with van der Waals surface area (Å²) in [6.45, 7) is 1.71. The summed E-state index contributed by atoms with van der Waals surface area (Å²) in [4.78, 5) is 34.7. The van der Waals surface area contributed by atoms with Crippen molar-refractivity contribution in [2.75, 3.05) is 18.4 Å². The van der Waals surface area contributed by atoms with E-state index in [1.807, 2.05) is 6.92 Å². The maximum absolute atomic E-state index is 14.5. The highest BCUT2D eigenvalue weighted by Crippen LogP contribution is 2.57. The lowest BCUT2D eigenvalue weighted by molar-refractivity contribution is -0.117. The van der Waals surface area contributed by atoms with E-state index in [4.69, 9.17) is 0 Å². The Labute approximate surface area is 166 Å². The van der Waals surface area contributed by atoms with Crippen molar-refractivity contribution in [3.05, 3.63) is 52.8 Å². The number of benzene rings is 1. The van der Waals surface area contributed by atoms with E-state index in [1.165, 1.54) is 4.90 Å². The van der Waals surface area contributed by atoms with Crippen molar-refractivity contribution in [2.45, 2.75) is 43.4 Å². The molecule has 1 aliphatic heterocycles. The molecular formula is C21H20F2N4O2. The van der Waals surface area contributed by atoms with E-state index in [9.17, 15) is 18.4 Å². The molecule has 2 heterocycles. The minimum absolute atomic E-state index is 0.102. The summed E-state index contributed by atoms with van der Waals surface area (Å²) in [6, 6.07) is 4.85. The van der Waals surface area contributed by atoms with Crippen molar-refractivity contribution < 1.29 is 18.4 Å². The molecule has 0 radical (unpaired) electrons. The van der Waals surface area contributed by atoms with Crippen LogP contribution in [0.3, 0.4) is 0 Å². The molecule has 2 atom stereocenters. The molecule has 6 nitrogen and oxygen atoms in total. The van der Waals surface area contributed by atoms with Gasteiger partial charge in [-0.15, -0.1) is 0 Å². The molecule has 1 spiro atoms. The number of nitrogens with zero attached hydrogens (tertiary/aromatic N) is 3. The average molecular weight is 398 g/mol. The topological polar surface area (TPSA) is 75.2 Å². The molecule has 3 aliphatic rings. The molecule has 2 amide bonds. The maximum atomic E-state index is 14.5. The largest absolute Gasteiger partial charge is 0.328 e. The molecule has 2 aromatic rings. The smallest absolute Gasteiger partial charge is 0.254 e. The van der Waals surface area contributed by atoms with Gasteiger partial charge in [-0.25, -0.2) is 18.7 Å². The van der Waals surface area contributed by atoms with Crippen molar-refractivity contribution in [1.29, 1.82) is 0 Å². The molecule has 0 saturated heterocycles. The lowest BCUT2D eigenvalue weighted by Gasteiger charge is -2.34. The summed E-state index contributed by atoms with van der Waals surface area (Å²) >= 11 is 0. The first-order valence-corrected chi connectivity index (χ1v) is 9.67. The highest BCUT2D eigenvalue weighted by molar-refractivity contribution is 6.01. The Hall–Kier alpha value is -2.90. The van der Waals surface area contributed by atoms with Gasteiger partial charge >= 0.3 is 0 Å². The zero-order chi connectivity index (χ0) is 20.4. The van der Waals surface area contributed by atoms with Crippen LogP contribution in [0.5, 0.6) is 0 Å². The van der Waals surface area contributed by atoms with Gasteiger partial charge in [0.05, 0.1) is 0 Å². The van der Waals surface area contributed by atoms with Crippen molar-refractivity contribution in [1.82, 2.24) is 14.9 Å². The third kappa shape index (κ3) is 2.97. The van der Waals surface area contributed by atoms with Gasteiger partial charge in [-0.05, 0) is 48.9 Å². The highest BCUT2D eigenvalue weighted by Gasteiger charge is 2.61. The number of rotatable bonds is 4. The van der Waals surface area contributed by atoms with Gasteiger partial charge in [0.15, 0.2) is 0 Å². The van der Waals surface area contributed by atoms with Crippen LogP contribution in [-0.4, -0.2) is 45.9 Å². The van der Waals surface area contributed by atoms with Crippen LogP contribution in [0, 0.1) is 6.92 Å². The van der Waals surface area contributed by atoms with Crippen LogP contribution in [0.25, 0.3) is 0 Å². The zero-order valence-electron chi connectivity index (χ0n) is 15.9. The molecule has 5 rings (SSSR count). The average Bonchev–Trinajstić information content (AvgIpc) is 3.59. The number of amides is 2. The molecule has 2 aliphatic carbocycles. The minimum atomic E-state index is -1.34. The summed E-state index contributed by atoms with van der Waals surface area (Å²) in [5, 5.41) is 2.56. The van der Waals surface area contributed by atoms with Crippen LogP contribution in [0.2, 0.25) is 0 Å². The third-order valence-corrected chi connectivity index (χ3v) is 6.10. The van der Waals surface area contributed by atoms with Gasteiger partial charge in [0.25, 0.3) is 5.91 Å². The summed E-state index contributed by atoms with van der Waals surface area (Å²) in [6.07, 6.45) is 3.23. The van der Waals surface area contributed by atoms with Gasteiger partial charge < -0.3 is 4.90 Å². The first kappa shape index (κ1) is 18.1. The van der Waals surface area contributed by atoms with E-state index in [-0.39, 0.29) is 31.4 Å². The standard InChI is InChI=1S/C21H20F2N4O2/c1-12-8-24-19(25-9-12)26-17(28)10-27-11-20(7-16(20)22)15-6-13(21(23)4-5-21)2-3-14(15)18(27)29/h2-3,6,8-9,16H,4-5,7,10-11H2,1H3,(H,24,25,26,28)/t16-,20-/m0/s1. The Morgan fingerprint density at radius 2 is 2.00 bits per heavy atom. The number of alkyl halides is 2. The number of hydrogen-bond acceptors (Lipinski definition) is 4. The van der Waals surface area contributed by atoms with Crippen LogP contribution in [-0.2, 0) is 15.9 Å². The lowest BCUT2D eigenvalue weighted by Crippen LogP contribution is -2.47. The highest BCUT2D eigenvalue weighted by atomic mass is 19.1. The number of carbonyl (C=O) groups excluding carboxylic acids is 2. The zero-order valence-corrected chi connectivity index (χ0v) is 15.9. The first-order valence-electron chi connectivity index (χ1n) is 9.67. The van der Waals surface area contributed by atoms with Gasteiger partial charge in [-0.1, -0.05) is 12.1 Å². The number of anilines is 1. The second-order valence-corrected chi connectivity index (χ2v) is 8.35. The SMILES string of the molecule is Cc1cnc(NC(=O)CN2C[C@@]3(C[C@@H]3F)c3cc(C4(F)CC4)ccc3C2=O)nc1. The number of carbonyl (C=O) groups is 2. The predicted molar refractivity (Wildman–Crippen MR) is 101 cm³/mol. The quantitative estimate of drug-likeness (QED) is 0.860. The fraction of sp³-hybridized carbons (Fsp3) is 0.429. The molecule has 8 heteroatoms. The summed E-state index contributed by atoms with van der Waals surface area (Å²) < 4.78 is 28.9. The molecule has 1 aromatic heterocycles. The van der Waals surface area contributed by atoms with E-state index in [2.05, 4.69) is 15.3 Å². The van der Waals surface area contributed by atoms with Crippen molar-refractivity contribution >= 4 is 17.8 Å². The van der Waals surface area contributed by atoms with Crippen LogP contribution >= 0.6 is 0 Å². The Morgan fingerprint density at radius 1 is 1.31 bits per heavy atom. The van der Waals surface area contributed by atoms with E-state index in [0.29, 0.717) is 29.5 Å². The van der Waals surface area contributed by atoms with Gasteiger partial charge in [-0.2, -0.15) is 0 Å². The van der Waals surface area contributed by atoms with E-state index >= 15 is 0 Å². The minimum Gasteiger partial charge on any atom is -0.328 e. The predicted octanol–water partition coefficient (Wildman–Crippen LogP) is 2.82. The van der Waals surface area contributed by atoms with Crippen LogP contribution in [0.15, 0.2) is 30.6 Å². The van der Waals surface area contributed by atoms with Crippen LogP contribution in [0.1, 0.15) is 46.3 Å². The summed E-state index contributed by atoms with van der Waals surface area (Å²) in [5.74, 6) is -0.647. The number of nitrogens with one attached hydrogen (secondary N) is 1. The summed E-state index contributed by atoms with van der Waals surface area (Å²) in [5.41, 5.74) is 0.121. The molecule has 0 unspecified atom stereocenters. The fourth-order valence-electron chi connectivity index (χ4n) is 4.11. The number of aromatic nitrogens is 2. The normalized spacial score (nSPS) is 26.2. The number of fused-ring (bicyclic) bond motifs is 2. The molecule has 1 N–H and O–H groups in total. The Balaban J connectivity index is 1.39. The number of hydrogen-bond donors (Lipinski definition) is 1. The van der Waals surface area contributed by atoms with Crippen molar-refractivity contribution in [2.24, 2.45) is 0 Å². The molecular weight excluding hydrogens is 378 g/mol. The Bertz CT molecular complexity index is 1020. The lowest BCUT2D eigenvalue weighted by atomic mass is 9.84.